The highest BCUT2D eigenvalue weighted by Gasteiger charge is 2.30. The zero-order valence-corrected chi connectivity index (χ0v) is 19.1. The number of carbonyl (C=O) groups is 1. The average Bonchev–Trinajstić information content (AvgIpc) is 2.73. The van der Waals surface area contributed by atoms with Gasteiger partial charge in [0.25, 0.3) is 5.91 Å². The van der Waals surface area contributed by atoms with Crippen LogP contribution >= 0.6 is 0 Å². The van der Waals surface area contributed by atoms with Crippen molar-refractivity contribution in [3.05, 3.63) is 65.0 Å². The number of nitrogens with one attached hydrogen (secondary N) is 3. The fourth-order valence-electron chi connectivity index (χ4n) is 3.42. The van der Waals surface area contributed by atoms with Crippen molar-refractivity contribution in [3.63, 3.8) is 0 Å². The summed E-state index contributed by atoms with van der Waals surface area (Å²) in [6, 6.07) is 6.41. The number of rotatable bonds is 11. The van der Waals surface area contributed by atoms with Crippen LogP contribution in [-0.2, 0) is 10.9 Å². The molecule has 2 rings (SSSR count). The number of benzene rings is 2. The Morgan fingerprint density at radius 2 is 1.71 bits per heavy atom. The second-order valence-electron chi connectivity index (χ2n) is 8.12. The summed E-state index contributed by atoms with van der Waals surface area (Å²) in [5.74, 6) is -1.43. The normalized spacial score (nSPS) is 15.4. The van der Waals surface area contributed by atoms with Crippen molar-refractivity contribution in [1.29, 1.82) is 0 Å². The molecule has 2 aromatic carbocycles. The molecule has 188 valence electrons. The minimum Gasteiger partial charge on any atom is -0.508 e. The molecule has 0 saturated heterocycles. The smallest absolute Gasteiger partial charge is 0.416 e. The van der Waals surface area contributed by atoms with E-state index in [9.17, 15) is 27.5 Å². The minimum absolute atomic E-state index is 0.0523. The first-order chi connectivity index (χ1) is 15.9. The van der Waals surface area contributed by atoms with Gasteiger partial charge in [-0.1, -0.05) is 6.07 Å². The first-order valence-corrected chi connectivity index (χ1v) is 10.6. The molecule has 0 saturated carbocycles. The lowest BCUT2D eigenvalue weighted by Gasteiger charge is -2.29. The van der Waals surface area contributed by atoms with Gasteiger partial charge in [-0.15, -0.1) is 0 Å². The van der Waals surface area contributed by atoms with Crippen LogP contribution < -0.4 is 21.7 Å². The van der Waals surface area contributed by atoms with Crippen LogP contribution in [-0.4, -0.2) is 43.1 Å². The summed E-state index contributed by atoms with van der Waals surface area (Å²) >= 11 is 0. The number of hydrogen-bond donors (Lipinski definition) is 5. The summed E-state index contributed by atoms with van der Waals surface area (Å²) in [6.07, 6.45) is -5.00. The fourth-order valence-corrected chi connectivity index (χ4v) is 3.42. The topological polar surface area (TPSA) is 109 Å². The van der Waals surface area contributed by atoms with Crippen molar-refractivity contribution < 1.29 is 32.2 Å². The number of methoxy groups -OCH3 is 1. The molecule has 3 unspecified atom stereocenters. The van der Waals surface area contributed by atoms with Crippen LogP contribution in [0.4, 0.5) is 17.6 Å². The van der Waals surface area contributed by atoms with Gasteiger partial charge in [0.1, 0.15) is 17.9 Å². The number of amides is 1. The lowest BCUT2D eigenvalue weighted by atomic mass is 10.00. The molecule has 11 heteroatoms. The lowest BCUT2D eigenvalue weighted by Crippen LogP contribution is -2.60. The highest BCUT2D eigenvalue weighted by Crippen LogP contribution is 2.29. The van der Waals surface area contributed by atoms with Crippen molar-refractivity contribution in [2.24, 2.45) is 5.73 Å². The Morgan fingerprint density at radius 3 is 2.26 bits per heavy atom. The SMILES string of the molecule is COC[C@H](C)NC(NC(=O)c1ccc(C(F)(F)F)cc1)NC(C)CC(N)c1ccc(O)cc1F. The molecule has 0 bridgehead atoms. The van der Waals surface area contributed by atoms with E-state index in [0.29, 0.717) is 6.61 Å². The second-order valence-corrected chi connectivity index (χ2v) is 8.12. The van der Waals surface area contributed by atoms with Crippen molar-refractivity contribution in [2.75, 3.05) is 13.7 Å². The third kappa shape index (κ3) is 8.24. The molecule has 1 amide bonds. The third-order valence-corrected chi connectivity index (χ3v) is 5.06. The van der Waals surface area contributed by atoms with Gasteiger partial charge in [-0.05, 0) is 50.6 Å². The molecule has 34 heavy (non-hydrogen) atoms. The first kappa shape index (κ1) is 27.5. The van der Waals surface area contributed by atoms with E-state index in [1.54, 1.807) is 6.92 Å². The maximum Gasteiger partial charge on any atom is 0.416 e. The number of hydrogen-bond acceptors (Lipinski definition) is 6. The van der Waals surface area contributed by atoms with Gasteiger partial charge < -0.3 is 20.9 Å². The van der Waals surface area contributed by atoms with Crippen molar-refractivity contribution in [1.82, 2.24) is 16.0 Å². The summed E-state index contributed by atoms with van der Waals surface area (Å²) in [5.41, 5.74) is 5.57. The Morgan fingerprint density at radius 1 is 1.09 bits per heavy atom. The van der Waals surface area contributed by atoms with Gasteiger partial charge in [0, 0.05) is 42.4 Å². The van der Waals surface area contributed by atoms with Crippen LogP contribution in [0.25, 0.3) is 0 Å². The molecule has 4 atom stereocenters. The number of nitrogens with two attached hydrogens (primary N) is 1. The number of carbonyl (C=O) groups excluding carboxylic acids is 1. The number of phenols is 1. The predicted molar refractivity (Wildman–Crippen MR) is 119 cm³/mol. The Labute approximate surface area is 195 Å². The van der Waals surface area contributed by atoms with E-state index >= 15 is 0 Å². The number of aromatic hydroxyl groups is 1. The molecule has 0 aliphatic carbocycles. The van der Waals surface area contributed by atoms with E-state index < -0.39 is 35.8 Å². The first-order valence-electron chi connectivity index (χ1n) is 10.6. The van der Waals surface area contributed by atoms with Crippen LogP contribution in [0.5, 0.6) is 5.75 Å². The maximum atomic E-state index is 14.1. The summed E-state index contributed by atoms with van der Waals surface area (Å²) in [4.78, 5) is 12.7. The average molecular weight is 487 g/mol. The van der Waals surface area contributed by atoms with E-state index in [-0.39, 0.29) is 35.4 Å². The molecule has 0 fully saturated rings. The van der Waals surface area contributed by atoms with E-state index in [1.165, 1.54) is 19.2 Å². The van der Waals surface area contributed by atoms with Crippen LogP contribution in [0.15, 0.2) is 42.5 Å². The van der Waals surface area contributed by atoms with Crippen molar-refractivity contribution in [3.8, 4) is 5.75 Å². The highest BCUT2D eigenvalue weighted by atomic mass is 19.4. The second kappa shape index (κ2) is 12.1. The molecular weight excluding hydrogens is 456 g/mol. The Hall–Kier alpha value is -2.73. The molecule has 0 aromatic heterocycles. The minimum atomic E-state index is -4.50. The lowest BCUT2D eigenvalue weighted by molar-refractivity contribution is -0.137. The molecule has 0 aliphatic heterocycles. The van der Waals surface area contributed by atoms with E-state index in [1.807, 2.05) is 6.92 Å². The largest absolute Gasteiger partial charge is 0.508 e. The summed E-state index contributed by atoms with van der Waals surface area (Å²) in [6.45, 7) is 3.95. The van der Waals surface area contributed by atoms with Gasteiger partial charge in [0.05, 0.1) is 12.2 Å². The number of alkyl halides is 3. The van der Waals surface area contributed by atoms with Gasteiger partial charge in [-0.3, -0.25) is 15.4 Å². The van der Waals surface area contributed by atoms with Gasteiger partial charge in [0.2, 0.25) is 0 Å². The quantitative estimate of drug-likeness (QED) is 0.247. The Bertz CT molecular complexity index is 941. The van der Waals surface area contributed by atoms with Crippen molar-refractivity contribution >= 4 is 5.91 Å². The van der Waals surface area contributed by atoms with Crippen LogP contribution in [0.2, 0.25) is 0 Å². The molecule has 2 aromatic rings. The summed E-state index contributed by atoms with van der Waals surface area (Å²) in [7, 11) is 1.52. The molecule has 6 N–H and O–H groups in total. The van der Waals surface area contributed by atoms with Crippen LogP contribution in [0.3, 0.4) is 0 Å². The van der Waals surface area contributed by atoms with Crippen molar-refractivity contribution in [2.45, 2.75) is 50.9 Å². The third-order valence-electron chi connectivity index (χ3n) is 5.06. The van der Waals surface area contributed by atoms with E-state index in [4.69, 9.17) is 10.5 Å². The fraction of sp³-hybridized carbons (Fsp3) is 0.435. The molecule has 0 aliphatic rings. The predicted octanol–water partition coefficient (Wildman–Crippen LogP) is 3.26. The molecule has 0 spiro atoms. The number of ether oxygens (including phenoxy) is 1. The molecule has 0 heterocycles. The Kier molecular flexibility index (Phi) is 9.80. The molecule has 7 nitrogen and oxygen atoms in total. The highest BCUT2D eigenvalue weighted by molar-refractivity contribution is 5.94. The monoisotopic (exact) mass is 486 g/mol. The number of halogens is 4. The van der Waals surface area contributed by atoms with E-state index in [2.05, 4.69) is 16.0 Å². The van der Waals surface area contributed by atoms with Crippen LogP contribution in [0, 0.1) is 5.82 Å². The Balaban J connectivity index is 2.08. The zero-order chi connectivity index (χ0) is 25.5. The molecular formula is C23H30F4N4O3. The number of phenolic OH excluding ortho intramolecular Hbond substituents is 1. The summed E-state index contributed by atoms with van der Waals surface area (Å²) < 4.78 is 57.6. The van der Waals surface area contributed by atoms with E-state index in [0.717, 1.165) is 30.3 Å². The van der Waals surface area contributed by atoms with Gasteiger partial charge in [-0.2, -0.15) is 13.2 Å². The van der Waals surface area contributed by atoms with Gasteiger partial charge >= 0.3 is 6.18 Å². The summed E-state index contributed by atoms with van der Waals surface area (Å²) in [5, 5.41) is 18.3. The standard InChI is InChI=1S/C23H30F4N4O3/c1-13(10-20(28)18-9-8-17(32)11-19(18)24)29-22(30-14(2)12-34-3)31-21(33)15-4-6-16(7-5-15)23(25,26)27/h4-9,11,13-14,20,22,29-30,32H,10,12,28H2,1-3H3,(H,31,33)/t13?,14-,20?,22?/m0/s1. The maximum absolute atomic E-state index is 14.1. The van der Waals surface area contributed by atoms with Crippen LogP contribution in [0.1, 0.15) is 47.8 Å². The molecule has 0 radical (unpaired) electrons. The van der Waals surface area contributed by atoms with Gasteiger partial charge in [-0.25, -0.2) is 4.39 Å². The van der Waals surface area contributed by atoms with Gasteiger partial charge in [0.15, 0.2) is 0 Å². The zero-order valence-electron chi connectivity index (χ0n) is 19.1.